The maximum Gasteiger partial charge on any atom is 0.282 e. The molecule has 5 nitrogen and oxygen atoms in total. The second-order valence-corrected chi connectivity index (χ2v) is 13.1. The normalized spacial score (nSPS) is 12.0. The van der Waals surface area contributed by atoms with Crippen LogP contribution in [-0.2, 0) is 12.0 Å². The van der Waals surface area contributed by atoms with Crippen molar-refractivity contribution in [1.82, 2.24) is 9.66 Å². The van der Waals surface area contributed by atoms with Crippen molar-refractivity contribution in [2.45, 2.75) is 32.8 Å². The van der Waals surface area contributed by atoms with Crippen LogP contribution in [0.4, 0.5) is 0 Å². The van der Waals surface area contributed by atoms with Crippen molar-refractivity contribution in [2.24, 2.45) is 5.10 Å². The summed E-state index contributed by atoms with van der Waals surface area (Å²) in [5.74, 6) is 1.36. The number of benzene rings is 3. The van der Waals surface area contributed by atoms with Gasteiger partial charge < -0.3 is 4.74 Å². The Morgan fingerprint density at radius 2 is 1.75 bits per heavy atom. The van der Waals surface area contributed by atoms with Crippen LogP contribution >= 0.6 is 84.3 Å². The second-order valence-electron chi connectivity index (χ2n) is 9.06. The highest BCUT2D eigenvalue weighted by Gasteiger charge is 2.23. The summed E-state index contributed by atoms with van der Waals surface area (Å²) in [6, 6.07) is 14.9. The zero-order chi connectivity index (χ0) is 26.2. The summed E-state index contributed by atoms with van der Waals surface area (Å²) in [5.41, 5.74) is 1.81. The third kappa shape index (κ3) is 6.25. The van der Waals surface area contributed by atoms with E-state index in [0.717, 1.165) is 28.5 Å². The van der Waals surface area contributed by atoms with E-state index in [1.165, 1.54) is 4.68 Å². The van der Waals surface area contributed by atoms with Gasteiger partial charge >= 0.3 is 0 Å². The predicted molar refractivity (Wildman–Crippen MR) is 168 cm³/mol. The number of halogens is 5. The number of fused-ring (bicyclic) bond motifs is 1. The molecule has 4 aromatic rings. The molecule has 0 aliphatic carbocycles. The van der Waals surface area contributed by atoms with Gasteiger partial charge in [0.05, 0.1) is 34.3 Å². The van der Waals surface area contributed by atoms with Crippen molar-refractivity contribution in [3.8, 4) is 5.75 Å². The lowest BCUT2D eigenvalue weighted by atomic mass is 9.95. The van der Waals surface area contributed by atoms with Crippen LogP contribution in [0.25, 0.3) is 10.9 Å². The van der Waals surface area contributed by atoms with Gasteiger partial charge in [-0.25, -0.2) is 4.98 Å². The lowest BCUT2D eigenvalue weighted by molar-refractivity contribution is 0.302. The van der Waals surface area contributed by atoms with Crippen molar-refractivity contribution >= 4 is 101 Å². The molecule has 0 unspecified atom stereocenters. The Labute approximate surface area is 254 Å². The molecule has 0 aliphatic rings. The fraction of sp³-hybridized carbons (Fsp3) is 0.192. The summed E-state index contributed by atoms with van der Waals surface area (Å²) in [6.45, 7) is 6.39. The van der Waals surface area contributed by atoms with Gasteiger partial charge in [0.1, 0.15) is 18.2 Å². The van der Waals surface area contributed by atoms with Gasteiger partial charge in [0.2, 0.25) is 0 Å². The first-order valence-electron chi connectivity index (χ1n) is 10.8. The van der Waals surface area contributed by atoms with Gasteiger partial charge in [-0.15, -0.1) is 0 Å². The molecule has 0 radical (unpaired) electrons. The first-order chi connectivity index (χ1) is 16.9. The summed E-state index contributed by atoms with van der Waals surface area (Å²) in [4.78, 5) is 18.1. The molecule has 0 atom stereocenters. The molecule has 0 bridgehead atoms. The Balaban J connectivity index is 1.67. The molecule has 186 valence electrons. The van der Waals surface area contributed by atoms with Crippen LogP contribution in [0.5, 0.6) is 5.75 Å². The van der Waals surface area contributed by atoms with Crippen molar-refractivity contribution in [1.29, 1.82) is 0 Å². The van der Waals surface area contributed by atoms with Crippen LogP contribution < -0.4 is 10.3 Å². The molecule has 36 heavy (non-hydrogen) atoms. The zero-order valence-corrected chi connectivity index (χ0v) is 26.9. The van der Waals surface area contributed by atoms with E-state index in [1.807, 2.05) is 51.1 Å². The van der Waals surface area contributed by atoms with E-state index in [0.29, 0.717) is 33.4 Å². The van der Waals surface area contributed by atoms with Gasteiger partial charge in [-0.1, -0.05) is 66.0 Å². The number of ether oxygens (including phenoxy) is 1. The number of nitrogens with zero attached hydrogens (tertiary/aromatic N) is 3. The second kappa shape index (κ2) is 11.3. The zero-order valence-electron chi connectivity index (χ0n) is 19.5. The summed E-state index contributed by atoms with van der Waals surface area (Å²) < 4.78 is 10.1. The Morgan fingerprint density at radius 3 is 2.39 bits per heavy atom. The molecule has 0 spiro atoms. The average Bonchev–Trinajstić information content (AvgIpc) is 2.79. The first-order valence-corrected chi connectivity index (χ1v) is 14.5. The van der Waals surface area contributed by atoms with Gasteiger partial charge in [0.25, 0.3) is 5.56 Å². The van der Waals surface area contributed by atoms with Crippen LogP contribution in [0.3, 0.4) is 0 Å². The standard InChI is InChI=1S/C26H20BrCl2I2N3O2/c1-26(2,3)25-33-22-7-5-16(27)11-17(22)24(35)34(25)32-12-15-9-20(30)23(21(31)10-15)36-13-14-4-6-18(28)19(29)8-14/h4-12H,13H2,1-3H3. The quantitative estimate of drug-likeness (QED) is 0.150. The molecule has 0 amide bonds. The molecular weight excluding hydrogens is 791 g/mol. The summed E-state index contributed by atoms with van der Waals surface area (Å²) in [7, 11) is 0. The molecule has 4 rings (SSSR count). The number of hydrogen-bond acceptors (Lipinski definition) is 4. The molecule has 3 aromatic carbocycles. The van der Waals surface area contributed by atoms with E-state index in [-0.39, 0.29) is 11.0 Å². The molecule has 10 heteroatoms. The monoisotopic (exact) mass is 809 g/mol. The maximum atomic E-state index is 13.4. The van der Waals surface area contributed by atoms with Gasteiger partial charge in [0.15, 0.2) is 0 Å². The topological polar surface area (TPSA) is 56.5 Å². The molecule has 1 aromatic heterocycles. The largest absolute Gasteiger partial charge is 0.487 e. The minimum Gasteiger partial charge on any atom is -0.487 e. The number of hydrogen-bond donors (Lipinski definition) is 0. The highest BCUT2D eigenvalue weighted by Crippen LogP contribution is 2.30. The number of aromatic nitrogens is 2. The van der Waals surface area contributed by atoms with Crippen LogP contribution in [0.15, 0.2) is 62.9 Å². The highest BCUT2D eigenvalue weighted by molar-refractivity contribution is 14.1. The Bertz CT molecular complexity index is 1540. The van der Waals surface area contributed by atoms with E-state index in [9.17, 15) is 4.79 Å². The SMILES string of the molecule is CC(C)(C)c1nc2ccc(Br)cc2c(=O)n1N=Cc1cc(I)c(OCc2ccc(Cl)c(Cl)c2)c(I)c1. The van der Waals surface area contributed by atoms with E-state index in [2.05, 4.69) is 66.2 Å². The highest BCUT2D eigenvalue weighted by atomic mass is 127. The first kappa shape index (κ1) is 27.8. The fourth-order valence-electron chi connectivity index (χ4n) is 3.44. The van der Waals surface area contributed by atoms with E-state index >= 15 is 0 Å². The third-order valence-corrected chi connectivity index (χ3v) is 8.02. The molecule has 0 N–H and O–H groups in total. The van der Waals surface area contributed by atoms with E-state index in [4.69, 9.17) is 32.9 Å². The molecule has 0 saturated carbocycles. The fourth-order valence-corrected chi connectivity index (χ4v) is 6.25. The van der Waals surface area contributed by atoms with Crippen LogP contribution in [0, 0.1) is 7.14 Å². The van der Waals surface area contributed by atoms with Gasteiger partial charge in [0, 0.05) is 9.89 Å². The van der Waals surface area contributed by atoms with Gasteiger partial charge in [-0.2, -0.15) is 9.78 Å². The van der Waals surface area contributed by atoms with Crippen molar-refractivity contribution in [3.05, 3.63) is 97.5 Å². The Hall–Kier alpha value is -1.21. The van der Waals surface area contributed by atoms with Crippen LogP contribution in [0.1, 0.15) is 37.7 Å². The maximum absolute atomic E-state index is 13.4. The Morgan fingerprint density at radius 1 is 1.06 bits per heavy atom. The van der Waals surface area contributed by atoms with E-state index in [1.54, 1.807) is 24.4 Å². The predicted octanol–water partition coefficient (Wildman–Crippen LogP) is 8.43. The lowest BCUT2D eigenvalue weighted by Gasteiger charge is -2.21. The number of rotatable bonds is 5. The Kier molecular flexibility index (Phi) is 8.70. The van der Waals surface area contributed by atoms with Crippen molar-refractivity contribution in [2.75, 3.05) is 0 Å². The minimum absolute atomic E-state index is 0.214. The van der Waals surface area contributed by atoms with Crippen molar-refractivity contribution in [3.63, 3.8) is 0 Å². The summed E-state index contributed by atoms with van der Waals surface area (Å²) in [6.07, 6.45) is 1.68. The van der Waals surface area contributed by atoms with Gasteiger partial charge in [-0.3, -0.25) is 4.79 Å². The third-order valence-electron chi connectivity index (χ3n) is 5.19. The van der Waals surface area contributed by atoms with E-state index < -0.39 is 0 Å². The lowest BCUT2D eigenvalue weighted by Crippen LogP contribution is -2.29. The smallest absolute Gasteiger partial charge is 0.282 e. The van der Waals surface area contributed by atoms with Crippen LogP contribution in [-0.4, -0.2) is 15.9 Å². The minimum atomic E-state index is -0.386. The molecule has 0 aliphatic heterocycles. The molecule has 0 fully saturated rings. The molecular formula is C26H20BrCl2I2N3O2. The van der Waals surface area contributed by atoms with Crippen LogP contribution in [0.2, 0.25) is 10.0 Å². The molecule has 1 heterocycles. The summed E-state index contributed by atoms with van der Waals surface area (Å²) in [5, 5.41) is 6.08. The van der Waals surface area contributed by atoms with Gasteiger partial charge in [-0.05, 0) is 98.8 Å². The average molecular weight is 811 g/mol. The van der Waals surface area contributed by atoms with Crippen molar-refractivity contribution < 1.29 is 4.74 Å². The molecule has 0 saturated heterocycles. The summed E-state index contributed by atoms with van der Waals surface area (Å²) >= 11 is 20.0.